The number of nitrogens with zero attached hydrogens (tertiary/aromatic N) is 3. The second-order valence-electron chi connectivity index (χ2n) is 8.63. The van der Waals surface area contributed by atoms with Crippen molar-refractivity contribution < 1.29 is 9.59 Å². The molecule has 1 N–H and O–H groups in total. The van der Waals surface area contributed by atoms with Crippen LogP contribution in [0.25, 0.3) is 0 Å². The highest BCUT2D eigenvalue weighted by Gasteiger charge is 2.30. The summed E-state index contributed by atoms with van der Waals surface area (Å²) in [6.07, 6.45) is 0.918. The Bertz CT molecular complexity index is 877. The molecule has 166 valence electrons. The van der Waals surface area contributed by atoms with Gasteiger partial charge in [-0.2, -0.15) is 0 Å². The van der Waals surface area contributed by atoms with Gasteiger partial charge >= 0.3 is 0 Å². The number of benzene rings is 2. The Morgan fingerprint density at radius 3 is 2.29 bits per heavy atom. The minimum atomic E-state index is -0.369. The van der Waals surface area contributed by atoms with E-state index in [2.05, 4.69) is 21.2 Å². The molecule has 3 rings (SSSR count). The Morgan fingerprint density at radius 1 is 0.968 bits per heavy atom. The molecule has 1 fully saturated rings. The molecule has 2 amide bonds. The molecule has 1 aliphatic rings. The summed E-state index contributed by atoms with van der Waals surface area (Å²) in [5.41, 5.74) is 4.07. The zero-order chi connectivity index (χ0) is 22.4. The summed E-state index contributed by atoms with van der Waals surface area (Å²) < 4.78 is 0. The first-order chi connectivity index (χ1) is 14.8. The number of carbonyl (C=O) groups excluding carboxylic acids is 2. The SMILES string of the molecule is Cc1cc(C)cc(NC(=O)C(c2ccccc2)N2CCCN(CC(=O)N(C)C)CC2)c1. The number of nitrogens with one attached hydrogen (secondary N) is 1. The predicted molar refractivity (Wildman–Crippen MR) is 125 cm³/mol. The minimum absolute atomic E-state index is 0.0194. The fourth-order valence-electron chi connectivity index (χ4n) is 4.16. The standard InChI is InChI=1S/C25H34N4O2/c1-19-15-20(2)17-22(16-19)26-25(31)24(21-9-6-5-7-10-21)29-12-8-11-28(13-14-29)18-23(30)27(3)4/h5-7,9-10,15-17,24H,8,11-14,18H2,1-4H3,(H,26,31). The number of hydrogen-bond donors (Lipinski definition) is 1. The van der Waals surface area contributed by atoms with Crippen LogP contribution >= 0.6 is 0 Å². The molecule has 0 aromatic heterocycles. The van der Waals surface area contributed by atoms with Crippen molar-refractivity contribution in [1.82, 2.24) is 14.7 Å². The van der Waals surface area contributed by atoms with Gasteiger partial charge < -0.3 is 10.2 Å². The second kappa shape index (κ2) is 10.6. The van der Waals surface area contributed by atoms with Gasteiger partial charge in [0.25, 0.3) is 0 Å². The first-order valence-electron chi connectivity index (χ1n) is 10.9. The topological polar surface area (TPSA) is 55.9 Å². The predicted octanol–water partition coefficient (Wildman–Crippen LogP) is 3.08. The minimum Gasteiger partial charge on any atom is -0.348 e. The molecule has 0 saturated carbocycles. The van der Waals surface area contributed by atoms with Gasteiger partial charge in [-0.15, -0.1) is 0 Å². The number of amides is 2. The first-order valence-corrected chi connectivity index (χ1v) is 10.9. The van der Waals surface area contributed by atoms with Crippen LogP contribution < -0.4 is 5.32 Å². The van der Waals surface area contributed by atoms with Crippen LogP contribution in [0.4, 0.5) is 5.69 Å². The van der Waals surface area contributed by atoms with E-state index in [9.17, 15) is 9.59 Å². The van der Waals surface area contributed by atoms with Gasteiger partial charge in [-0.25, -0.2) is 0 Å². The van der Waals surface area contributed by atoms with E-state index in [-0.39, 0.29) is 17.9 Å². The van der Waals surface area contributed by atoms with Crippen molar-refractivity contribution in [2.24, 2.45) is 0 Å². The van der Waals surface area contributed by atoms with E-state index in [0.717, 1.165) is 55.0 Å². The highest BCUT2D eigenvalue weighted by atomic mass is 16.2. The molecule has 1 saturated heterocycles. The van der Waals surface area contributed by atoms with Gasteiger partial charge in [-0.05, 0) is 55.6 Å². The number of likely N-dealkylation sites (N-methyl/N-ethyl adjacent to an activating group) is 1. The fourth-order valence-corrected chi connectivity index (χ4v) is 4.16. The average molecular weight is 423 g/mol. The zero-order valence-electron chi connectivity index (χ0n) is 19.1. The van der Waals surface area contributed by atoms with E-state index >= 15 is 0 Å². The molecule has 1 aliphatic heterocycles. The average Bonchev–Trinajstić information content (AvgIpc) is 2.93. The number of rotatable bonds is 6. The van der Waals surface area contributed by atoms with E-state index in [0.29, 0.717) is 6.54 Å². The van der Waals surface area contributed by atoms with Crippen LogP contribution in [0.15, 0.2) is 48.5 Å². The Hall–Kier alpha value is -2.70. The zero-order valence-corrected chi connectivity index (χ0v) is 19.1. The van der Waals surface area contributed by atoms with Crippen molar-refractivity contribution in [3.05, 3.63) is 65.2 Å². The molecule has 31 heavy (non-hydrogen) atoms. The van der Waals surface area contributed by atoms with Crippen molar-refractivity contribution in [2.45, 2.75) is 26.3 Å². The highest BCUT2D eigenvalue weighted by molar-refractivity contribution is 5.95. The molecular formula is C25H34N4O2. The lowest BCUT2D eigenvalue weighted by molar-refractivity contribution is -0.130. The van der Waals surface area contributed by atoms with E-state index < -0.39 is 0 Å². The number of carbonyl (C=O) groups is 2. The summed E-state index contributed by atoms with van der Waals surface area (Å²) in [5.74, 6) is 0.0923. The van der Waals surface area contributed by atoms with E-state index in [1.165, 1.54) is 0 Å². The monoisotopic (exact) mass is 422 g/mol. The number of aryl methyl sites for hydroxylation is 2. The normalized spacial score (nSPS) is 16.4. The van der Waals surface area contributed by atoms with Crippen molar-refractivity contribution in [3.63, 3.8) is 0 Å². The lowest BCUT2D eigenvalue weighted by Gasteiger charge is -2.30. The lowest BCUT2D eigenvalue weighted by Crippen LogP contribution is -2.41. The molecule has 2 aromatic carbocycles. The van der Waals surface area contributed by atoms with Gasteiger partial charge in [0, 0.05) is 39.4 Å². The largest absolute Gasteiger partial charge is 0.348 e. The molecule has 0 aliphatic carbocycles. The smallest absolute Gasteiger partial charge is 0.246 e. The van der Waals surface area contributed by atoms with Crippen LogP contribution in [-0.2, 0) is 9.59 Å². The maximum absolute atomic E-state index is 13.5. The van der Waals surface area contributed by atoms with Gasteiger partial charge in [0.15, 0.2) is 0 Å². The Morgan fingerprint density at radius 2 is 1.65 bits per heavy atom. The van der Waals surface area contributed by atoms with Crippen LogP contribution in [0.2, 0.25) is 0 Å². The van der Waals surface area contributed by atoms with E-state index in [1.807, 2.05) is 56.3 Å². The van der Waals surface area contributed by atoms with Crippen LogP contribution in [0.1, 0.15) is 29.2 Å². The first kappa shape index (κ1) is 23.0. The highest BCUT2D eigenvalue weighted by Crippen LogP contribution is 2.25. The van der Waals surface area contributed by atoms with Gasteiger partial charge in [-0.3, -0.25) is 19.4 Å². The van der Waals surface area contributed by atoms with E-state index in [1.54, 1.807) is 19.0 Å². The van der Waals surface area contributed by atoms with Gasteiger partial charge in [-0.1, -0.05) is 36.4 Å². The van der Waals surface area contributed by atoms with Crippen LogP contribution in [0, 0.1) is 13.8 Å². The van der Waals surface area contributed by atoms with Crippen molar-refractivity contribution in [1.29, 1.82) is 0 Å². The van der Waals surface area contributed by atoms with E-state index in [4.69, 9.17) is 0 Å². The number of hydrogen-bond acceptors (Lipinski definition) is 4. The Kier molecular flexibility index (Phi) is 7.82. The molecule has 6 heteroatoms. The van der Waals surface area contributed by atoms with Gasteiger partial charge in [0.1, 0.15) is 6.04 Å². The Balaban J connectivity index is 1.78. The molecular weight excluding hydrogens is 388 g/mol. The quantitative estimate of drug-likeness (QED) is 0.777. The summed E-state index contributed by atoms with van der Waals surface area (Å²) in [6.45, 7) is 7.67. The molecule has 1 unspecified atom stereocenters. The van der Waals surface area contributed by atoms with Crippen molar-refractivity contribution >= 4 is 17.5 Å². The lowest BCUT2D eigenvalue weighted by atomic mass is 10.0. The molecule has 1 atom stereocenters. The molecule has 1 heterocycles. The Labute approximate surface area is 185 Å². The van der Waals surface area contributed by atoms with Gasteiger partial charge in [0.05, 0.1) is 6.54 Å². The summed E-state index contributed by atoms with van der Waals surface area (Å²) in [6, 6.07) is 15.7. The summed E-state index contributed by atoms with van der Waals surface area (Å²) in [7, 11) is 3.57. The molecule has 0 radical (unpaired) electrons. The molecule has 0 bridgehead atoms. The summed E-state index contributed by atoms with van der Waals surface area (Å²) in [5, 5.41) is 3.14. The molecule has 0 spiro atoms. The molecule has 2 aromatic rings. The molecule has 6 nitrogen and oxygen atoms in total. The van der Waals surface area contributed by atoms with Gasteiger partial charge in [0.2, 0.25) is 11.8 Å². The van der Waals surface area contributed by atoms with Crippen molar-refractivity contribution in [2.75, 3.05) is 52.1 Å². The maximum atomic E-state index is 13.5. The second-order valence-corrected chi connectivity index (χ2v) is 8.63. The fraction of sp³-hybridized carbons (Fsp3) is 0.440. The maximum Gasteiger partial charge on any atom is 0.246 e. The van der Waals surface area contributed by atoms with Crippen molar-refractivity contribution in [3.8, 4) is 0 Å². The summed E-state index contributed by atoms with van der Waals surface area (Å²) >= 11 is 0. The van der Waals surface area contributed by atoms with Crippen LogP contribution in [-0.4, -0.2) is 73.3 Å². The number of anilines is 1. The third-order valence-corrected chi connectivity index (χ3v) is 5.70. The third-order valence-electron chi connectivity index (χ3n) is 5.70. The third kappa shape index (κ3) is 6.39. The van der Waals surface area contributed by atoms with Crippen LogP contribution in [0.3, 0.4) is 0 Å². The van der Waals surface area contributed by atoms with Crippen LogP contribution in [0.5, 0.6) is 0 Å². The summed E-state index contributed by atoms with van der Waals surface area (Å²) in [4.78, 5) is 31.7.